The van der Waals surface area contributed by atoms with Crippen molar-refractivity contribution in [1.82, 2.24) is 9.55 Å². The van der Waals surface area contributed by atoms with Crippen LogP contribution in [-0.2, 0) is 34.4 Å². The quantitative estimate of drug-likeness (QED) is 0.221. The molecule has 3 rings (SSSR count). The lowest BCUT2D eigenvalue weighted by molar-refractivity contribution is -0.150. The van der Waals surface area contributed by atoms with E-state index < -0.39 is 44.3 Å². The molecule has 206 valence electrons. The Balaban J connectivity index is 1.71. The number of hydrogen-bond acceptors (Lipinski definition) is 11. The highest BCUT2D eigenvalue weighted by Gasteiger charge is 2.40. The normalized spacial score (nSPS) is 19.5. The van der Waals surface area contributed by atoms with E-state index in [2.05, 4.69) is 4.98 Å². The zero-order valence-electron chi connectivity index (χ0n) is 21.5. The second-order valence-electron chi connectivity index (χ2n) is 8.20. The van der Waals surface area contributed by atoms with Crippen molar-refractivity contribution in [2.45, 2.75) is 51.7 Å². The van der Waals surface area contributed by atoms with E-state index in [9.17, 15) is 14.4 Å². The van der Waals surface area contributed by atoms with Gasteiger partial charge in [-0.05, 0) is 19.1 Å². The van der Waals surface area contributed by atoms with Gasteiger partial charge in [-0.2, -0.15) is 5.26 Å². The Morgan fingerprint density at radius 1 is 1.24 bits per heavy atom. The molecule has 1 unspecified atom stereocenters. The molecule has 13 nitrogen and oxygen atoms in total. The van der Waals surface area contributed by atoms with E-state index in [4.69, 9.17) is 37.8 Å². The van der Waals surface area contributed by atoms with Crippen LogP contribution in [0, 0.1) is 18.3 Å². The van der Waals surface area contributed by atoms with Crippen LogP contribution in [0.2, 0.25) is 0 Å². The molecule has 1 saturated heterocycles. The van der Waals surface area contributed by atoms with Crippen molar-refractivity contribution in [3.8, 4) is 17.6 Å². The van der Waals surface area contributed by atoms with Gasteiger partial charge in [-0.25, -0.2) is 4.79 Å². The minimum Gasteiger partial charge on any atom is -0.497 e. The Morgan fingerprint density at radius 2 is 2.03 bits per heavy atom. The van der Waals surface area contributed by atoms with E-state index in [1.54, 1.807) is 32.2 Å². The molecule has 1 aliphatic heterocycles. The summed E-state index contributed by atoms with van der Waals surface area (Å²) in [6.07, 6.45) is -0.601. The summed E-state index contributed by atoms with van der Waals surface area (Å²) >= 11 is 0. The first kappa shape index (κ1) is 29.3. The van der Waals surface area contributed by atoms with E-state index in [1.165, 1.54) is 24.8 Å². The predicted molar refractivity (Wildman–Crippen MR) is 134 cm³/mol. The largest absolute Gasteiger partial charge is 0.497 e. The first-order valence-electron chi connectivity index (χ1n) is 11.7. The molecule has 0 saturated carbocycles. The van der Waals surface area contributed by atoms with Gasteiger partial charge in [0.15, 0.2) is 0 Å². The number of nitrogens with one attached hydrogen (secondary N) is 1. The minimum absolute atomic E-state index is 0.0789. The van der Waals surface area contributed by atoms with E-state index in [-0.39, 0.29) is 32.7 Å². The molecule has 1 aromatic carbocycles. The molecule has 2 heterocycles. The molecule has 0 spiro atoms. The maximum Gasteiger partial charge on any atom is 0.333 e. The highest BCUT2D eigenvalue weighted by Crippen LogP contribution is 2.43. The fraction of sp³-hybridized carbons (Fsp3) is 0.500. The van der Waals surface area contributed by atoms with E-state index >= 15 is 0 Å². The topological polar surface area (TPSA) is 160 Å². The van der Waals surface area contributed by atoms with Gasteiger partial charge in [0.25, 0.3) is 5.56 Å². The molecular weight excluding hydrogens is 521 g/mol. The Bertz CT molecular complexity index is 1260. The van der Waals surface area contributed by atoms with Crippen molar-refractivity contribution in [3.63, 3.8) is 0 Å². The van der Waals surface area contributed by atoms with E-state index in [0.717, 1.165) is 5.56 Å². The summed E-state index contributed by atoms with van der Waals surface area (Å²) in [5.41, 5.74) is -0.0937. The number of esters is 1. The fourth-order valence-corrected chi connectivity index (χ4v) is 4.64. The Morgan fingerprint density at radius 3 is 2.71 bits per heavy atom. The zero-order valence-corrected chi connectivity index (χ0v) is 22.4. The number of aryl methyl sites for hydroxylation is 1. The van der Waals surface area contributed by atoms with Gasteiger partial charge in [0.2, 0.25) is 0 Å². The maximum absolute atomic E-state index is 12.3. The number of aromatic nitrogens is 2. The number of carbonyl (C=O) groups is 1. The average Bonchev–Trinajstić information content (AvgIpc) is 3.28. The molecule has 0 radical (unpaired) electrons. The molecule has 2 aromatic rings. The first-order chi connectivity index (χ1) is 18.2. The van der Waals surface area contributed by atoms with Gasteiger partial charge in [-0.15, -0.1) is 0 Å². The number of H-pyrrole nitrogens is 1. The first-order valence-corrected chi connectivity index (χ1v) is 12.8. The van der Waals surface area contributed by atoms with Gasteiger partial charge in [-0.1, -0.05) is 0 Å². The third kappa shape index (κ3) is 7.86. The molecule has 4 atom stereocenters. The minimum atomic E-state index is -1.94. The Hall–Kier alpha value is -3.27. The standard InChI is InChI=1S/C24H30N3O10P/c1-15-12-27(24(30)26-23(15)29)22-11-20(36-16(2)28)21(37-22)14-35-38(33-9-5-8-25)34-13-17-6-7-18(31-3)10-19(17)32-4/h6-7,10,12,20-22H,5,9,11,13-14H2,1-4H3,(H,26,29,30)/t20-,21+,22+,38?/m0/s1. The molecule has 0 amide bonds. The monoisotopic (exact) mass is 551 g/mol. The molecule has 14 heteroatoms. The van der Waals surface area contributed by atoms with Crippen LogP contribution >= 0.6 is 8.60 Å². The number of carbonyl (C=O) groups excluding carboxylic acids is 1. The predicted octanol–water partition coefficient (Wildman–Crippen LogP) is 2.47. The SMILES string of the molecule is COc1ccc(COP(OCCC#N)OC[C@H]2O[C@@H](n3cc(C)c(=O)[nH]c3=O)C[C@@H]2OC(C)=O)c(OC)c1. The summed E-state index contributed by atoms with van der Waals surface area (Å²) in [4.78, 5) is 38.0. The Kier molecular flexibility index (Phi) is 10.8. The van der Waals surface area contributed by atoms with E-state index in [1.807, 2.05) is 6.07 Å². The summed E-state index contributed by atoms with van der Waals surface area (Å²) in [7, 11) is 1.14. The van der Waals surface area contributed by atoms with E-state index in [0.29, 0.717) is 17.1 Å². The van der Waals surface area contributed by atoms with Crippen molar-refractivity contribution in [1.29, 1.82) is 5.26 Å². The zero-order chi connectivity index (χ0) is 27.7. The summed E-state index contributed by atoms with van der Waals surface area (Å²) in [6, 6.07) is 7.25. The number of nitriles is 1. The van der Waals surface area contributed by atoms with Crippen molar-refractivity contribution < 1.29 is 37.3 Å². The number of aromatic amines is 1. The lowest BCUT2D eigenvalue weighted by Gasteiger charge is -2.22. The molecule has 0 bridgehead atoms. The second kappa shape index (κ2) is 14.0. The van der Waals surface area contributed by atoms with Gasteiger partial charge in [-0.3, -0.25) is 19.1 Å². The van der Waals surface area contributed by atoms with Crippen LogP contribution in [0.5, 0.6) is 11.5 Å². The average molecular weight is 551 g/mol. The van der Waals surface area contributed by atoms with Crippen LogP contribution in [0.3, 0.4) is 0 Å². The Labute approximate surface area is 220 Å². The smallest absolute Gasteiger partial charge is 0.333 e. The maximum atomic E-state index is 12.3. The summed E-state index contributed by atoms with van der Waals surface area (Å²) in [6.45, 7) is 2.90. The number of hydrogen-bond donors (Lipinski definition) is 1. The number of methoxy groups -OCH3 is 2. The molecule has 38 heavy (non-hydrogen) atoms. The molecule has 0 aliphatic carbocycles. The van der Waals surface area contributed by atoms with Crippen LogP contribution in [0.15, 0.2) is 34.0 Å². The highest BCUT2D eigenvalue weighted by molar-refractivity contribution is 7.41. The van der Waals surface area contributed by atoms with Crippen LogP contribution in [0.25, 0.3) is 0 Å². The van der Waals surface area contributed by atoms with Crippen LogP contribution in [0.4, 0.5) is 0 Å². The van der Waals surface area contributed by atoms with Crippen molar-refractivity contribution in [3.05, 3.63) is 56.4 Å². The molecule has 1 aromatic heterocycles. The van der Waals surface area contributed by atoms with Gasteiger partial charge in [0, 0.05) is 36.7 Å². The van der Waals surface area contributed by atoms with Gasteiger partial charge in [0.1, 0.15) is 29.9 Å². The molecule has 1 fully saturated rings. The second-order valence-corrected chi connectivity index (χ2v) is 9.43. The lowest BCUT2D eigenvalue weighted by Crippen LogP contribution is -2.33. The van der Waals surface area contributed by atoms with Crippen molar-refractivity contribution in [2.75, 3.05) is 27.4 Å². The molecule has 1 aliphatic rings. The third-order valence-electron chi connectivity index (χ3n) is 5.53. The van der Waals surface area contributed by atoms with Crippen molar-refractivity contribution in [2.24, 2.45) is 0 Å². The van der Waals surface area contributed by atoms with Crippen LogP contribution in [0.1, 0.15) is 37.1 Å². The molecular formula is C24H30N3O10P. The fourth-order valence-electron chi connectivity index (χ4n) is 3.66. The number of nitrogens with zero attached hydrogens (tertiary/aromatic N) is 2. The number of benzene rings is 1. The van der Waals surface area contributed by atoms with Crippen molar-refractivity contribution >= 4 is 14.6 Å². The van der Waals surface area contributed by atoms with Crippen LogP contribution < -0.4 is 20.7 Å². The van der Waals surface area contributed by atoms with Gasteiger partial charge >= 0.3 is 20.3 Å². The van der Waals surface area contributed by atoms with Gasteiger partial charge in [0.05, 0.1) is 46.5 Å². The number of rotatable bonds is 13. The summed E-state index contributed by atoms with van der Waals surface area (Å²) in [5.74, 6) is 0.648. The summed E-state index contributed by atoms with van der Waals surface area (Å²) < 4.78 is 40.6. The molecule has 1 N–H and O–H groups in total. The van der Waals surface area contributed by atoms with Gasteiger partial charge < -0.3 is 32.5 Å². The van der Waals surface area contributed by atoms with Crippen LogP contribution in [-0.4, -0.2) is 55.2 Å². The number of ether oxygens (including phenoxy) is 4. The third-order valence-corrected chi connectivity index (χ3v) is 6.62. The summed E-state index contributed by atoms with van der Waals surface area (Å²) in [5, 5.41) is 8.87. The highest BCUT2D eigenvalue weighted by atomic mass is 31.2. The lowest BCUT2D eigenvalue weighted by atomic mass is 10.2.